The van der Waals surface area contributed by atoms with Crippen LogP contribution in [0.2, 0.25) is 0 Å². The monoisotopic (exact) mass is 437 g/mol. The fourth-order valence-corrected chi connectivity index (χ4v) is 4.19. The highest BCUT2D eigenvalue weighted by Gasteiger charge is 2.39. The molecule has 0 saturated carbocycles. The molecular weight excluding hydrogens is 419 g/mol. The van der Waals surface area contributed by atoms with Gasteiger partial charge in [-0.25, -0.2) is 0 Å². The molecule has 0 aromatic heterocycles. The summed E-state index contributed by atoms with van der Waals surface area (Å²) in [5.74, 6) is 1.29. The number of ether oxygens (including phenoxy) is 1. The van der Waals surface area contributed by atoms with E-state index in [4.69, 9.17) is 22.7 Å². The molecule has 2 atom stereocenters. The summed E-state index contributed by atoms with van der Waals surface area (Å²) in [5.41, 5.74) is 8.24. The molecule has 0 bridgehead atoms. The van der Waals surface area contributed by atoms with Crippen molar-refractivity contribution in [1.29, 1.82) is 0 Å². The molecular formula is C20H18F3N3OS2. The maximum absolute atomic E-state index is 12.9. The highest BCUT2D eigenvalue weighted by molar-refractivity contribution is 7.80. The Balaban J connectivity index is 1.70. The molecule has 0 amide bonds. The van der Waals surface area contributed by atoms with E-state index in [0.717, 1.165) is 11.3 Å². The lowest BCUT2D eigenvalue weighted by atomic mass is 9.91. The molecule has 2 heterocycles. The zero-order chi connectivity index (χ0) is 20.8. The average molecular weight is 438 g/mol. The summed E-state index contributed by atoms with van der Waals surface area (Å²) in [7, 11) is 0. The Kier molecular flexibility index (Phi) is 5.12. The van der Waals surface area contributed by atoms with Crippen molar-refractivity contribution in [1.82, 2.24) is 5.32 Å². The highest BCUT2D eigenvalue weighted by atomic mass is 32.1. The van der Waals surface area contributed by atoms with Gasteiger partial charge in [0, 0.05) is 23.7 Å². The summed E-state index contributed by atoms with van der Waals surface area (Å²) < 4.78 is 44.8. The molecule has 1 fully saturated rings. The highest BCUT2D eigenvalue weighted by Crippen LogP contribution is 2.47. The molecule has 2 aliphatic rings. The van der Waals surface area contributed by atoms with Crippen molar-refractivity contribution in [2.45, 2.75) is 31.1 Å². The van der Waals surface area contributed by atoms with Crippen molar-refractivity contribution in [2.24, 2.45) is 5.73 Å². The molecule has 0 radical (unpaired) electrons. The molecule has 29 heavy (non-hydrogen) atoms. The number of thiocarbonyl (C=S) groups is 2. The minimum atomic E-state index is -4.53. The van der Waals surface area contributed by atoms with Gasteiger partial charge >= 0.3 is 6.18 Å². The molecule has 2 aromatic rings. The van der Waals surface area contributed by atoms with Crippen LogP contribution in [0, 0.1) is 0 Å². The van der Waals surface area contributed by atoms with Crippen molar-refractivity contribution in [3.63, 3.8) is 0 Å². The van der Waals surface area contributed by atoms with E-state index >= 15 is 0 Å². The van der Waals surface area contributed by atoms with E-state index in [-0.39, 0.29) is 17.1 Å². The fourth-order valence-electron chi connectivity index (χ4n) is 3.90. The average Bonchev–Trinajstić information content (AvgIpc) is 2.81. The van der Waals surface area contributed by atoms with E-state index in [1.807, 2.05) is 36.4 Å². The van der Waals surface area contributed by atoms with Gasteiger partial charge in [-0.1, -0.05) is 42.6 Å². The van der Waals surface area contributed by atoms with Gasteiger partial charge in [-0.3, -0.25) is 0 Å². The van der Waals surface area contributed by atoms with E-state index in [1.54, 1.807) is 6.07 Å². The number of nitrogens with two attached hydrogens (primary N) is 1. The summed E-state index contributed by atoms with van der Waals surface area (Å²) in [6.45, 7) is 0.555. The van der Waals surface area contributed by atoms with Crippen molar-refractivity contribution in [2.75, 3.05) is 11.4 Å². The van der Waals surface area contributed by atoms with Gasteiger partial charge in [0.1, 0.15) is 10.7 Å². The standard InChI is InChI=1S/C20H18F3N3OS2/c21-20(22,23)19(29)25-12-7-8-26-14-6-5-11(18(24)28)9-17(14)27-16-4-2-1-3-13(16)15(26)10-12/h1-6,9,12,15H,7-8,10H2,(H2,24,28)(H,25,29)/t12-,15-/m0/s1. The first-order chi connectivity index (χ1) is 13.7. The Morgan fingerprint density at radius 1 is 1.14 bits per heavy atom. The molecule has 0 aliphatic carbocycles. The Morgan fingerprint density at radius 2 is 1.90 bits per heavy atom. The van der Waals surface area contributed by atoms with Crippen molar-refractivity contribution >= 4 is 40.1 Å². The molecule has 3 N–H and O–H groups in total. The second kappa shape index (κ2) is 7.46. The molecule has 0 unspecified atom stereocenters. The van der Waals surface area contributed by atoms with Gasteiger partial charge in [0.2, 0.25) is 0 Å². The molecule has 1 saturated heterocycles. The zero-order valence-electron chi connectivity index (χ0n) is 15.2. The SMILES string of the molecule is NC(=S)c1ccc2c(c1)Oc1ccccc1[C@@H]1C[C@@H](NC(=S)C(F)(F)F)CCN21. The van der Waals surface area contributed by atoms with E-state index < -0.39 is 11.2 Å². The van der Waals surface area contributed by atoms with Crippen LogP contribution in [0.25, 0.3) is 0 Å². The Morgan fingerprint density at radius 3 is 2.62 bits per heavy atom. The number of fused-ring (bicyclic) bond motifs is 5. The van der Waals surface area contributed by atoms with Crippen LogP contribution in [-0.2, 0) is 0 Å². The number of benzene rings is 2. The van der Waals surface area contributed by atoms with Crippen LogP contribution in [0.15, 0.2) is 42.5 Å². The fraction of sp³-hybridized carbons (Fsp3) is 0.300. The van der Waals surface area contributed by atoms with Crippen LogP contribution < -0.4 is 20.7 Å². The first-order valence-electron chi connectivity index (χ1n) is 9.09. The first-order valence-corrected chi connectivity index (χ1v) is 9.90. The number of rotatable bonds is 2. The second-order valence-corrected chi connectivity index (χ2v) is 7.94. The van der Waals surface area contributed by atoms with Crippen molar-refractivity contribution < 1.29 is 17.9 Å². The molecule has 2 aliphatic heterocycles. The van der Waals surface area contributed by atoms with Crippen molar-refractivity contribution in [3.8, 4) is 11.5 Å². The summed E-state index contributed by atoms with van der Waals surface area (Å²) >= 11 is 9.60. The normalized spacial score (nSPS) is 20.4. The largest absolute Gasteiger partial charge is 0.455 e. The molecule has 2 aromatic carbocycles. The Hall–Kier alpha value is -2.39. The van der Waals surface area contributed by atoms with Gasteiger partial charge in [0.05, 0.1) is 11.7 Å². The molecule has 152 valence electrons. The summed E-state index contributed by atoms with van der Waals surface area (Å²) in [4.78, 5) is 1.36. The number of halogens is 3. The van der Waals surface area contributed by atoms with Crippen LogP contribution in [0.3, 0.4) is 0 Å². The summed E-state index contributed by atoms with van der Waals surface area (Å²) in [6.07, 6.45) is -3.54. The quantitative estimate of drug-likeness (QED) is 0.669. The number of piperidine rings is 1. The molecule has 4 nitrogen and oxygen atoms in total. The maximum Gasteiger partial charge on any atom is 0.441 e. The number of alkyl halides is 3. The van der Waals surface area contributed by atoms with Crippen molar-refractivity contribution in [3.05, 3.63) is 53.6 Å². The first kappa shape index (κ1) is 19.9. The predicted octanol–water partition coefficient (Wildman–Crippen LogP) is 4.62. The van der Waals surface area contributed by atoms with Gasteiger partial charge in [0.15, 0.2) is 10.7 Å². The molecule has 0 spiro atoms. The zero-order valence-corrected chi connectivity index (χ0v) is 16.8. The topological polar surface area (TPSA) is 50.5 Å². The third-order valence-corrected chi connectivity index (χ3v) is 5.83. The van der Waals surface area contributed by atoms with Crippen LogP contribution in [0.5, 0.6) is 11.5 Å². The third kappa shape index (κ3) is 3.89. The van der Waals surface area contributed by atoms with E-state index in [2.05, 4.69) is 22.4 Å². The van der Waals surface area contributed by atoms with Crippen LogP contribution >= 0.6 is 24.4 Å². The van der Waals surface area contributed by atoms with Gasteiger partial charge in [-0.05, 0) is 37.1 Å². The molecule has 4 rings (SSSR count). The van der Waals surface area contributed by atoms with Gasteiger partial charge in [0.25, 0.3) is 0 Å². The van der Waals surface area contributed by atoms with Gasteiger partial charge in [-0.2, -0.15) is 13.2 Å². The number of nitrogens with zero attached hydrogens (tertiary/aromatic N) is 1. The number of hydrogen-bond acceptors (Lipinski definition) is 4. The van der Waals surface area contributed by atoms with Crippen LogP contribution in [0.4, 0.5) is 18.9 Å². The lowest BCUT2D eigenvalue weighted by Gasteiger charge is -2.41. The summed E-state index contributed by atoms with van der Waals surface area (Å²) in [6, 6.07) is 12.6. The maximum atomic E-state index is 12.9. The predicted molar refractivity (Wildman–Crippen MR) is 114 cm³/mol. The lowest BCUT2D eigenvalue weighted by Crippen LogP contribution is -2.48. The number of para-hydroxylation sites is 1. The number of hydrogen-bond donors (Lipinski definition) is 2. The lowest BCUT2D eigenvalue weighted by molar-refractivity contribution is -0.0598. The minimum absolute atomic E-state index is 0.148. The number of anilines is 1. The van der Waals surface area contributed by atoms with Crippen LogP contribution in [0.1, 0.15) is 30.0 Å². The minimum Gasteiger partial charge on any atom is -0.455 e. The van der Waals surface area contributed by atoms with E-state index in [0.29, 0.717) is 36.4 Å². The van der Waals surface area contributed by atoms with Crippen LogP contribution in [-0.4, -0.2) is 28.7 Å². The Bertz CT molecular complexity index is 980. The second-order valence-electron chi connectivity index (χ2n) is 7.09. The van der Waals surface area contributed by atoms with Gasteiger partial charge < -0.3 is 20.7 Å². The van der Waals surface area contributed by atoms with Gasteiger partial charge in [-0.15, -0.1) is 0 Å². The Labute approximate surface area is 176 Å². The third-order valence-electron chi connectivity index (χ3n) is 5.25. The summed E-state index contributed by atoms with van der Waals surface area (Å²) in [5, 5.41) is 2.50. The number of nitrogens with one attached hydrogen (secondary N) is 1. The molecule has 9 heteroatoms. The van der Waals surface area contributed by atoms with E-state index in [9.17, 15) is 13.2 Å². The van der Waals surface area contributed by atoms with E-state index in [1.165, 1.54) is 0 Å². The smallest absolute Gasteiger partial charge is 0.441 e.